The second-order valence-electron chi connectivity index (χ2n) is 11.5. The minimum Gasteiger partial charge on any atom is -0.444 e. The molecule has 2 heterocycles. The first kappa shape index (κ1) is 25.9. The Hall–Kier alpha value is -3.74. The summed E-state index contributed by atoms with van der Waals surface area (Å²) < 4.78 is 5.45. The van der Waals surface area contributed by atoms with Crippen molar-refractivity contribution in [2.75, 3.05) is 13.1 Å². The summed E-state index contributed by atoms with van der Waals surface area (Å²) in [6.45, 7) is 6.68. The van der Waals surface area contributed by atoms with Crippen LogP contribution in [0.1, 0.15) is 67.4 Å². The molecule has 38 heavy (non-hydrogen) atoms. The Morgan fingerprint density at radius 3 is 2.58 bits per heavy atom. The van der Waals surface area contributed by atoms with Gasteiger partial charge >= 0.3 is 6.09 Å². The molecule has 2 fully saturated rings. The lowest BCUT2D eigenvalue weighted by Crippen LogP contribution is -2.47. The average Bonchev–Trinajstić information content (AvgIpc) is 3.69. The minimum atomic E-state index is -0.521. The molecule has 198 valence electrons. The van der Waals surface area contributed by atoms with Gasteiger partial charge in [-0.25, -0.2) is 4.79 Å². The normalized spacial score (nSPS) is 19.7. The molecule has 2 aliphatic rings. The Labute approximate surface area is 223 Å². The molecule has 1 N–H and O–H groups in total. The monoisotopic (exact) mass is 513 g/mol. The van der Waals surface area contributed by atoms with E-state index in [9.17, 15) is 14.4 Å². The van der Waals surface area contributed by atoms with Crippen molar-refractivity contribution in [3.05, 3.63) is 77.6 Å². The van der Waals surface area contributed by atoms with Gasteiger partial charge in [-0.1, -0.05) is 30.3 Å². The number of hydrogen-bond acceptors (Lipinski definition) is 5. The Bertz CT molecular complexity index is 1350. The van der Waals surface area contributed by atoms with E-state index in [1.165, 1.54) is 0 Å². The molecule has 0 radical (unpaired) electrons. The maximum Gasteiger partial charge on any atom is 0.410 e. The van der Waals surface area contributed by atoms with Gasteiger partial charge in [0.2, 0.25) is 0 Å². The molecule has 2 aromatic carbocycles. The van der Waals surface area contributed by atoms with Crippen molar-refractivity contribution in [2.45, 2.75) is 64.0 Å². The first-order chi connectivity index (χ1) is 18.2. The highest BCUT2D eigenvalue weighted by molar-refractivity contribution is 5.95. The van der Waals surface area contributed by atoms with Crippen LogP contribution in [-0.2, 0) is 16.0 Å². The SMILES string of the molecule is CC(C)(C)OC(=O)N1CCC(NC(=O)c2cccc([C@@H]3C[C@H]3C(=O)Cc3ccc4cnccc4c3)c2)CC1. The van der Waals surface area contributed by atoms with Crippen molar-refractivity contribution in [3.8, 4) is 0 Å². The van der Waals surface area contributed by atoms with Crippen molar-refractivity contribution in [1.82, 2.24) is 15.2 Å². The number of Topliss-reactive ketones (excluding diaryl/α,β-unsaturated/α-hetero) is 1. The van der Waals surface area contributed by atoms with Crippen molar-refractivity contribution >= 4 is 28.6 Å². The maximum atomic E-state index is 13.0. The molecule has 2 amide bonds. The lowest BCUT2D eigenvalue weighted by Gasteiger charge is -2.33. The van der Waals surface area contributed by atoms with Gasteiger partial charge in [0.15, 0.2) is 0 Å². The number of carbonyl (C=O) groups excluding carboxylic acids is 3. The van der Waals surface area contributed by atoms with E-state index in [4.69, 9.17) is 4.74 Å². The third-order valence-electron chi connectivity index (χ3n) is 7.35. The lowest BCUT2D eigenvalue weighted by molar-refractivity contribution is -0.119. The zero-order valence-electron chi connectivity index (χ0n) is 22.3. The van der Waals surface area contributed by atoms with Crippen LogP contribution in [0.5, 0.6) is 0 Å². The fraction of sp³-hybridized carbons (Fsp3) is 0.419. The number of ether oxygens (including phenoxy) is 1. The second kappa shape index (κ2) is 10.6. The predicted molar refractivity (Wildman–Crippen MR) is 146 cm³/mol. The summed E-state index contributed by atoms with van der Waals surface area (Å²) in [5.41, 5.74) is 2.15. The third-order valence-corrected chi connectivity index (χ3v) is 7.35. The minimum absolute atomic E-state index is 0.00127. The molecule has 3 aromatic rings. The Morgan fingerprint density at radius 1 is 1.03 bits per heavy atom. The zero-order chi connectivity index (χ0) is 26.9. The number of likely N-dealkylation sites (tertiary alicyclic amines) is 1. The van der Waals surface area contributed by atoms with Gasteiger partial charge < -0.3 is 15.0 Å². The third kappa shape index (κ3) is 6.21. The van der Waals surface area contributed by atoms with E-state index in [2.05, 4.69) is 16.4 Å². The first-order valence-electron chi connectivity index (χ1n) is 13.4. The van der Waals surface area contributed by atoms with Crippen LogP contribution in [0.25, 0.3) is 10.8 Å². The van der Waals surface area contributed by atoms with Crippen molar-refractivity contribution in [3.63, 3.8) is 0 Å². The standard InChI is InChI=1S/C31H35N3O4/c1-31(2,3)38-30(37)34-13-10-25(11-14-34)33-29(36)23-6-4-5-22(17-23)26-18-27(26)28(35)16-20-7-8-24-19-32-12-9-21(24)15-20/h4-9,12,15,17,19,25-27H,10-11,13-14,16,18H2,1-3H3,(H,33,36)/t26-,27+/m0/s1. The smallest absolute Gasteiger partial charge is 0.410 e. The maximum absolute atomic E-state index is 13.0. The van der Waals surface area contributed by atoms with Crippen molar-refractivity contribution in [2.24, 2.45) is 5.92 Å². The van der Waals surface area contributed by atoms with Gasteiger partial charge in [0.05, 0.1) is 0 Å². The number of fused-ring (bicyclic) bond motifs is 1. The number of amides is 2. The molecule has 7 nitrogen and oxygen atoms in total. The molecule has 0 bridgehead atoms. The molecule has 1 aliphatic carbocycles. The van der Waals surface area contributed by atoms with Gasteiger partial charge in [-0.3, -0.25) is 14.6 Å². The number of nitrogens with zero attached hydrogens (tertiary/aromatic N) is 2. The number of piperidine rings is 1. The van der Waals surface area contributed by atoms with Crippen LogP contribution in [0.2, 0.25) is 0 Å². The van der Waals surface area contributed by atoms with Gasteiger partial charge in [-0.15, -0.1) is 0 Å². The summed E-state index contributed by atoms with van der Waals surface area (Å²) in [6, 6.07) is 15.7. The number of rotatable bonds is 6. The van der Waals surface area contributed by atoms with Crippen LogP contribution in [-0.4, -0.2) is 52.4 Å². The van der Waals surface area contributed by atoms with Gasteiger partial charge in [0.25, 0.3) is 5.91 Å². The first-order valence-corrected chi connectivity index (χ1v) is 13.4. The zero-order valence-corrected chi connectivity index (χ0v) is 22.3. The Morgan fingerprint density at radius 2 is 1.82 bits per heavy atom. The molecule has 0 spiro atoms. The van der Waals surface area contributed by atoms with E-state index in [0.29, 0.717) is 37.9 Å². The quantitative estimate of drug-likeness (QED) is 0.485. The molecule has 2 atom stereocenters. The average molecular weight is 514 g/mol. The number of carbonyl (C=O) groups is 3. The molecule has 5 rings (SSSR count). The van der Waals surface area contributed by atoms with E-state index < -0.39 is 5.60 Å². The van der Waals surface area contributed by atoms with E-state index in [1.54, 1.807) is 11.1 Å². The summed E-state index contributed by atoms with van der Waals surface area (Å²) in [4.78, 5) is 44.1. The largest absolute Gasteiger partial charge is 0.444 e. The number of hydrogen-bond donors (Lipinski definition) is 1. The number of benzene rings is 2. The summed E-state index contributed by atoms with van der Waals surface area (Å²) in [6.07, 6.45) is 5.91. The van der Waals surface area contributed by atoms with Gasteiger partial charge in [0.1, 0.15) is 11.4 Å². The number of pyridine rings is 1. The van der Waals surface area contributed by atoms with Gasteiger partial charge in [-0.2, -0.15) is 0 Å². The van der Waals surface area contributed by atoms with Crippen molar-refractivity contribution in [1.29, 1.82) is 0 Å². The fourth-order valence-electron chi connectivity index (χ4n) is 5.21. The summed E-state index contributed by atoms with van der Waals surface area (Å²) in [5.74, 6) is 0.294. The molecular weight excluding hydrogens is 478 g/mol. The van der Waals surface area contributed by atoms with E-state index in [-0.39, 0.29) is 35.7 Å². The van der Waals surface area contributed by atoms with Crippen LogP contribution in [0, 0.1) is 5.92 Å². The molecule has 0 unspecified atom stereocenters. The van der Waals surface area contributed by atoms with Crippen LogP contribution in [0.4, 0.5) is 4.79 Å². The van der Waals surface area contributed by atoms with Crippen LogP contribution in [0.15, 0.2) is 60.9 Å². The Kier molecular flexibility index (Phi) is 7.19. The second-order valence-corrected chi connectivity index (χ2v) is 11.5. The van der Waals surface area contributed by atoms with E-state index >= 15 is 0 Å². The number of ketones is 1. The molecule has 7 heteroatoms. The summed E-state index contributed by atoms with van der Waals surface area (Å²) in [5, 5.41) is 5.28. The molecule has 1 saturated carbocycles. The summed E-state index contributed by atoms with van der Waals surface area (Å²) in [7, 11) is 0. The van der Waals surface area contributed by atoms with Crippen LogP contribution in [0.3, 0.4) is 0 Å². The Balaban J connectivity index is 1.13. The summed E-state index contributed by atoms with van der Waals surface area (Å²) >= 11 is 0. The van der Waals surface area contributed by atoms with Gasteiger partial charge in [0, 0.05) is 54.8 Å². The number of aromatic nitrogens is 1. The molecule has 1 aliphatic heterocycles. The number of nitrogens with one attached hydrogen (secondary N) is 1. The molecule has 1 saturated heterocycles. The fourth-order valence-corrected chi connectivity index (χ4v) is 5.21. The highest BCUT2D eigenvalue weighted by Crippen LogP contribution is 2.48. The van der Waals surface area contributed by atoms with Crippen LogP contribution < -0.4 is 5.32 Å². The molecule has 1 aromatic heterocycles. The van der Waals surface area contributed by atoms with Crippen LogP contribution >= 0.6 is 0 Å². The van der Waals surface area contributed by atoms with E-state index in [0.717, 1.165) is 28.3 Å². The van der Waals surface area contributed by atoms with Gasteiger partial charge in [-0.05, 0) is 80.7 Å². The van der Waals surface area contributed by atoms with E-state index in [1.807, 2.05) is 69.4 Å². The topological polar surface area (TPSA) is 88.6 Å². The lowest BCUT2D eigenvalue weighted by atomic mass is 9.99. The predicted octanol–water partition coefficient (Wildman–Crippen LogP) is 5.28. The molecular formula is C31H35N3O4. The van der Waals surface area contributed by atoms with Crippen molar-refractivity contribution < 1.29 is 19.1 Å². The highest BCUT2D eigenvalue weighted by Gasteiger charge is 2.43. The highest BCUT2D eigenvalue weighted by atomic mass is 16.6.